The lowest BCUT2D eigenvalue weighted by Crippen LogP contribution is -2.42. The Bertz CT molecular complexity index is 599. The average Bonchev–Trinajstić information content (AvgIpc) is 2.94. The fourth-order valence-corrected chi connectivity index (χ4v) is 4.77. The lowest BCUT2D eigenvalue weighted by Gasteiger charge is -2.31. The first-order valence-corrected chi connectivity index (χ1v) is 10.6. The summed E-state index contributed by atoms with van der Waals surface area (Å²) < 4.78 is 0. The number of primary amides is 1. The first kappa shape index (κ1) is 20.8. The highest BCUT2D eigenvalue weighted by Gasteiger charge is 2.47. The second-order valence-electron chi connectivity index (χ2n) is 8.32. The van der Waals surface area contributed by atoms with Crippen LogP contribution >= 0.6 is 0 Å². The summed E-state index contributed by atoms with van der Waals surface area (Å²) in [6.45, 7) is 3.20. The number of rotatable bonds is 8. The molecule has 3 N–H and O–H groups in total. The van der Waals surface area contributed by atoms with Crippen LogP contribution in [0.15, 0.2) is 0 Å². The standard InChI is InChI=1S/C20H32N4O4/c21-18(26)14-5-3-10-23(13-14)11-4-9-22-17(25)8-12-24-19(27)15-6-1-2-7-16(15)20(24)28/h14-16H,1-13H2,(H2,21,26)(H,22,25). The summed E-state index contributed by atoms with van der Waals surface area (Å²) in [5.74, 6) is -0.917. The SMILES string of the molecule is NC(=O)C1CCCN(CCCNC(=O)CCN2C(=O)C3CCCCC3C2=O)C1. The third-order valence-corrected chi connectivity index (χ3v) is 6.38. The molecule has 156 valence electrons. The second-order valence-corrected chi connectivity index (χ2v) is 8.32. The van der Waals surface area contributed by atoms with Gasteiger partial charge < -0.3 is 16.0 Å². The minimum Gasteiger partial charge on any atom is -0.369 e. The van der Waals surface area contributed by atoms with Crippen molar-refractivity contribution in [3.05, 3.63) is 0 Å². The van der Waals surface area contributed by atoms with Crippen LogP contribution in [0, 0.1) is 17.8 Å². The Kier molecular flexibility index (Phi) is 7.04. The van der Waals surface area contributed by atoms with Gasteiger partial charge in [0.2, 0.25) is 23.6 Å². The number of carbonyl (C=O) groups is 4. The highest BCUT2D eigenvalue weighted by atomic mass is 16.2. The molecule has 0 bridgehead atoms. The van der Waals surface area contributed by atoms with Gasteiger partial charge in [0.15, 0.2) is 0 Å². The third-order valence-electron chi connectivity index (χ3n) is 6.38. The summed E-state index contributed by atoms with van der Waals surface area (Å²) in [7, 11) is 0. The van der Waals surface area contributed by atoms with E-state index in [9.17, 15) is 19.2 Å². The fourth-order valence-electron chi connectivity index (χ4n) is 4.77. The summed E-state index contributed by atoms with van der Waals surface area (Å²) >= 11 is 0. The van der Waals surface area contributed by atoms with Crippen LogP contribution in [-0.4, -0.2) is 66.2 Å². The zero-order chi connectivity index (χ0) is 20.1. The molecular formula is C20H32N4O4. The van der Waals surface area contributed by atoms with E-state index >= 15 is 0 Å². The van der Waals surface area contributed by atoms with E-state index in [0.717, 1.165) is 58.0 Å². The van der Waals surface area contributed by atoms with E-state index in [0.29, 0.717) is 13.1 Å². The van der Waals surface area contributed by atoms with Crippen LogP contribution in [0.25, 0.3) is 0 Å². The highest BCUT2D eigenvalue weighted by molar-refractivity contribution is 6.05. The first-order valence-electron chi connectivity index (χ1n) is 10.6. The predicted molar refractivity (Wildman–Crippen MR) is 103 cm³/mol. The number of imide groups is 1. The van der Waals surface area contributed by atoms with Gasteiger partial charge in [-0.1, -0.05) is 12.8 Å². The van der Waals surface area contributed by atoms with Gasteiger partial charge in [-0.3, -0.25) is 24.1 Å². The zero-order valence-electron chi connectivity index (χ0n) is 16.5. The van der Waals surface area contributed by atoms with E-state index in [1.807, 2.05) is 0 Å². The molecule has 28 heavy (non-hydrogen) atoms. The van der Waals surface area contributed by atoms with Crippen molar-refractivity contribution in [1.29, 1.82) is 0 Å². The maximum Gasteiger partial charge on any atom is 0.233 e. The molecule has 0 radical (unpaired) electrons. The maximum absolute atomic E-state index is 12.4. The van der Waals surface area contributed by atoms with Crippen molar-refractivity contribution in [2.75, 3.05) is 32.7 Å². The molecule has 2 aliphatic heterocycles. The Labute approximate surface area is 166 Å². The topological polar surface area (TPSA) is 113 Å². The molecule has 0 spiro atoms. The molecule has 0 aromatic carbocycles. The second kappa shape index (κ2) is 9.49. The lowest BCUT2D eigenvalue weighted by atomic mass is 9.81. The molecule has 3 unspecified atom stereocenters. The molecule has 2 saturated heterocycles. The normalized spacial score (nSPS) is 28.3. The van der Waals surface area contributed by atoms with Crippen LogP contribution in [0.2, 0.25) is 0 Å². The van der Waals surface area contributed by atoms with Crippen molar-refractivity contribution >= 4 is 23.6 Å². The van der Waals surface area contributed by atoms with Crippen molar-refractivity contribution in [2.45, 2.75) is 51.4 Å². The third kappa shape index (κ3) is 4.90. The molecule has 8 heteroatoms. The van der Waals surface area contributed by atoms with E-state index < -0.39 is 0 Å². The van der Waals surface area contributed by atoms with Gasteiger partial charge in [0.05, 0.1) is 17.8 Å². The number of nitrogens with one attached hydrogen (secondary N) is 1. The Hall–Kier alpha value is -1.96. The van der Waals surface area contributed by atoms with Gasteiger partial charge in [0.25, 0.3) is 0 Å². The van der Waals surface area contributed by atoms with E-state index in [2.05, 4.69) is 10.2 Å². The largest absolute Gasteiger partial charge is 0.369 e. The predicted octanol–water partition coefficient (Wildman–Crippen LogP) is 0.255. The number of nitrogens with zero attached hydrogens (tertiary/aromatic N) is 2. The highest BCUT2D eigenvalue weighted by Crippen LogP contribution is 2.37. The van der Waals surface area contributed by atoms with Gasteiger partial charge in [-0.15, -0.1) is 0 Å². The Morgan fingerprint density at radius 3 is 2.32 bits per heavy atom. The molecule has 3 fully saturated rings. The van der Waals surface area contributed by atoms with Crippen LogP contribution in [0.1, 0.15) is 51.4 Å². The van der Waals surface area contributed by atoms with Crippen molar-refractivity contribution < 1.29 is 19.2 Å². The van der Waals surface area contributed by atoms with Crippen molar-refractivity contribution in [3.8, 4) is 0 Å². The summed E-state index contributed by atoms with van der Waals surface area (Å²) in [6, 6.07) is 0. The summed E-state index contributed by atoms with van der Waals surface area (Å²) in [5.41, 5.74) is 5.39. The summed E-state index contributed by atoms with van der Waals surface area (Å²) in [4.78, 5) is 51.7. The minimum atomic E-state index is -0.233. The Morgan fingerprint density at radius 2 is 1.68 bits per heavy atom. The van der Waals surface area contributed by atoms with E-state index in [1.54, 1.807) is 0 Å². The van der Waals surface area contributed by atoms with Crippen LogP contribution in [0.5, 0.6) is 0 Å². The van der Waals surface area contributed by atoms with E-state index in [1.165, 1.54) is 4.90 Å². The van der Waals surface area contributed by atoms with E-state index in [-0.39, 0.29) is 54.3 Å². The van der Waals surface area contributed by atoms with Gasteiger partial charge in [-0.2, -0.15) is 0 Å². The monoisotopic (exact) mass is 392 g/mol. The van der Waals surface area contributed by atoms with Gasteiger partial charge in [-0.25, -0.2) is 0 Å². The van der Waals surface area contributed by atoms with E-state index in [4.69, 9.17) is 5.73 Å². The molecule has 0 aromatic rings. The lowest BCUT2D eigenvalue weighted by molar-refractivity contribution is -0.140. The smallest absolute Gasteiger partial charge is 0.233 e. The van der Waals surface area contributed by atoms with Gasteiger partial charge in [0.1, 0.15) is 0 Å². The number of hydrogen-bond donors (Lipinski definition) is 2. The van der Waals surface area contributed by atoms with Gasteiger partial charge in [-0.05, 0) is 45.2 Å². The summed E-state index contributed by atoms with van der Waals surface area (Å²) in [5, 5.41) is 2.87. The molecule has 1 saturated carbocycles. The molecule has 1 aliphatic carbocycles. The molecule has 3 aliphatic rings. The molecule has 4 amide bonds. The van der Waals surface area contributed by atoms with Gasteiger partial charge >= 0.3 is 0 Å². The van der Waals surface area contributed by atoms with Crippen LogP contribution in [-0.2, 0) is 19.2 Å². The molecule has 0 aromatic heterocycles. The number of nitrogens with two attached hydrogens (primary N) is 1. The Balaban J connectivity index is 1.32. The number of likely N-dealkylation sites (tertiary alicyclic amines) is 2. The molecule has 8 nitrogen and oxygen atoms in total. The van der Waals surface area contributed by atoms with Crippen LogP contribution in [0.3, 0.4) is 0 Å². The minimum absolute atomic E-state index is 0.0671. The number of hydrogen-bond acceptors (Lipinski definition) is 5. The summed E-state index contributed by atoms with van der Waals surface area (Å²) in [6.07, 6.45) is 6.39. The van der Waals surface area contributed by atoms with Crippen molar-refractivity contribution in [2.24, 2.45) is 23.5 Å². The quantitative estimate of drug-likeness (QED) is 0.454. The Morgan fingerprint density at radius 1 is 1.00 bits per heavy atom. The molecule has 3 rings (SSSR count). The van der Waals surface area contributed by atoms with Crippen molar-refractivity contribution in [1.82, 2.24) is 15.1 Å². The van der Waals surface area contributed by atoms with Gasteiger partial charge in [0, 0.05) is 26.1 Å². The van der Waals surface area contributed by atoms with Crippen LogP contribution < -0.4 is 11.1 Å². The van der Waals surface area contributed by atoms with Crippen molar-refractivity contribution in [3.63, 3.8) is 0 Å². The average molecular weight is 393 g/mol. The zero-order valence-corrected chi connectivity index (χ0v) is 16.5. The molecular weight excluding hydrogens is 360 g/mol. The maximum atomic E-state index is 12.4. The molecule has 3 atom stereocenters. The number of fused-ring (bicyclic) bond motifs is 1. The first-order chi connectivity index (χ1) is 13.5. The fraction of sp³-hybridized carbons (Fsp3) is 0.800. The van der Waals surface area contributed by atoms with Crippen LogP contribution in [0.4, 0.5) is 0 Å². The molecule has 2 heterocycles. The number of piperidine rings is 1. The number of carbonyl (C=O) groups excluding carboxylic acids is 4. The number of amides is 4.